The van der Waals surface area contributed by atoms with Gasteiger partial charge in [-0.05, 0) is 6.92 Å². The van der Waals surface area contributed by atoms with Gasteiger partial charge in [-0.15, -0.1) is 0 Å². The molecule has 82 valence electrons. The maximum absolute atomic E-state index is 11.9. The van der Waals surface area contributed by atoms with Crippen molar-refractivity contribution in [2.45, 2.75) is 12.5 Å². The Kier molecular flexibility index (Phi) is 2.13. The quantitative estimate of drug-likeness (QED) is 0.468. The number of carbonyl (C=O) groups excluding carboxylic acids is 2. The van der Waals surface area contributed by atoms with E-state index in [-0.39, 0.29) is 18.4 Å². The van der Waals surface area contributed by atoms with E-state index in [1.165, 1.54) is 4.90 Å². The van der Waals surface area contributed by atoms with E-state index >= 15 is 0 Å². The van der Waals surface area contributed by atoms with Crippen LogP contribution in [-0.4, -0.2) is 48.7 Å². The molecule has 0 radical (unpaired) electrons. The second-order valence-corrected chi connectivity index (χ2v) is 3.71. The molecule has 2 heterocycles. The number of hydrogen-bond acceptors (Lipinski definition) is 5. The average molecular weight is 211 g/mol. The predicted octanol–water partition coefficient (Wildman–Crippen LogP) is -1.03. The van der Waals surface area contributed by atoms with Crippen molar-refractivity contribution >= 4 is 18.1 Å². The summed E-state index contributed by atoms with van der Waals surface area (Å²) in [5.74, 6) is -1.04. The van der Waals surface area contributed by atoms with Gasteiger partial charge in [0.1, 0.15) is 0 Å². The van der Waals surface area contributed by atoms with Crippen LogP contribution in [0, 0.1) is 5.92 Å². The van der Waals surface area contributed by atoms with Crippen molar-refractivity contribution in [1.82, 2.24) is 10.3 Å². The normalized spacial score (nSPS) is 32.8. The minimum absolute atomic E-state index is 0.228. The fraction of sp³-hybridized carbons (Fsp3) is 0.667. The molecule has 0 aromatic carbocycles. The molecule has 0 spiro atoms. The standard InChI is InChI=1S/C9H13N3O3/c1-3-15-8(14)9-6(4-10-11-9)5-12(2)7(9)13/h4,6,11H,3,5H2,1-2H3. The van der Waals surface area contributed by atoms with E-state index in [1.807, 2.05) is 0 Å². The lowest BCUT2D eigenvalue weighted by Gasteiger charge is -2.23. The second-order valence-electron chi connectivity index (χ2n) is 3.71. The number of likely N-dealkylation sites (N-methyl/N-ethyl adjacent to an activating group) is 1. The van der Waals surface area contributed by atoms with Gasteiger partial charge in [-0.3, -0.25) is 10.2 Å². The van der Waals surface area contributed by atoms with Crippen molar-refractivity contribution in [3.63, 3.8) is 0 Å². The van der Waals surface area contributed by atoms with Gasteiger partial charge in [0.15, 0.2) is 0 Å². The van der Waals surface area contributed by atoms with Crippen molar-refractivity contribution < 1.29 is 14.3 Å². The molecule has 0 bridgehead atoms. The zero-order valence-corrected chi connectivity index (χ0v) is 8.69. The summed E-state index contributed by atoms with van der Waals surface area (Å²) in [6.45, 7) is 2.46. The van der Waals surface area contributed by atoms with Gasteiger partial charge in [0.25, 0.3) is 5.91 Å². The number of nitrogens with one attached hydrogen (secondary N) is 1. The third-order valence-electron chi connectivity index (χ3n) is 2.80. The third-order valence-corrected chi connectivity index (χ3v) is 2.80. The van der Waals surface area contributed by atoms with Crippen molar-refractivity contribution in [1.29, 1.82) is 0 Å². The molecule has 0 aromatic heterocycles. The minimum Gasteiger partial charge on any atom is -0.464 e. The first-order chi connectivity index (χ1) is 7.13. The molecule has 0 aromatic rings. The number of likely N-dealkylation sites (tertiary alicyclic amines) is 1. The lowest BCUT2D eigenvalue weighted by atomic mass is 9.89. The van der Waals surface area contributed by atoms with E-state index < -0.39 is 11.5 Å². The highest BCUT2D eigenvalue weighted by Gasteiger charge is 2.61. The van der Waals surface area contributed by atoms with Gasteiger partial charge < -0.3 is 9.64 Å². The number of carbonyl (C=O) groups is 2. The lowest BCUT2D eigenvalue weighted by Crippen LogP contribution is -2.57. The highest BCUT2D eigenvalue weighted by Crippen LogP contribution is 2.31. The lowest BCUT2D eigenvalue weighted by molar-refractivity contribution is -0.156. The molecule has 1 N–H and O–H groups in total. The van der Waals surface area contributed by atoms with Gasteiger partial charge >= 0.3 is 5.97 Å². The number of rotatable bonds is 2. The number of hydrogen-bond donors (Lipinski definition) is 1. The number of amides is 1. The first kappa shape index (κ1) is 9.95. The van der Waals surface area contributed by atoms with E-state index in [0.717, 1.165) is 0 Å². The van der Waals surface area contributed by atoms with Gasteiger partial charge in [0.2, 0.25) is 5.54 Å². The summed E-state index contributed by atoms with van der Waals surface area (Å²) < 4.78 is 4.92. The van der Waals surface area contributed by atoms with Crippen molar-refractivity contribution in [2.75, 3.05) is 20.2 Å². The van der Waals surface area contributed by atoms with Crippen LogP contribution in [0.5, 0.6) is 0 Å². The summed E-state index contributed by atoms with van der Waals surface area (Å²) in [7, 11) is 1.66. The molecule has 0 aliphatic carbocycles. The van der Waals surface area contributed by atoms with Crippen LogP contribution in [0.1, 0.15) is 6.92 Å². The Morgan fingerprint density at radius 3 is 3.27 bits per heavy atom. The fourth-order valence-electron chi connectivity index (χ4n) is 2.02. The minimum atomic E-state index is -1.30. The number of fused-ring (bicyclic) bond motifs is 1. The molecule has 2 aliphatic heterocycles. The van der Waals surface area contributed by atoms with Crippen LogP contribution in [0.25, 0.3) is 0 Å². The first-order valence-electron chi connectivity index (χ1n) is 4.86. The molecule has 1 fully saturated rings. The Bertz CT molecular complexity index is 341. The molecular formula is C9H13N3O3. The van der Waals surface area contributed by atoms with E-state index in [4.69, 9.17) is 4.74 Å². The molecule has 1 amide bonds. The molecule has 6 heteroatoms. The highest BCUT2D eigenvalue weighted by atomic mass is 16.5. The second kappa shape index (κ2) is 3.22. The maximum atomic E-state index is 11.9. The number of ether oxygens (including phenoxy) is 1. The van der Waals surface area contributed by atoms with E-state index in [0.29, 0.717) is 6.54 Å². The monoisotopic (exact) mass is 211 g/mol. The molecule has 15 heavy (non-hydrogen) atoms. The smallest absolute Gasteiger partial charge is 0.344 e. The fourth-order valence-corrected chi connectivity index (χ4v) is 2.02. The summed E-state index contributed by atoms with van der Waals surface area (Å²) in [6, 6.07) is 0. The zero-order chi connectivity index (χ0) is 11.1. The molecule has 2 rings (SSSR count). The molecule has 2 unspecified atom stereocenters. The van der Waals surface area contributed by atoms with Gasteiger partial charge in [-0.25, -0.2) is 4.79 Å². The van der Waals surface area contributed by atoms with Crippen LogP contribution >= 0.6 is 0 Å². The molecule has 6 nitrogen and oxygen atoms in total. The van der Waals surface area contributed by atoms with Gasteiger partial charge in [-0.1, -0.05) is 0 Å². The molecular weight excluding hydrogens is 198 g/mol. The summed E-state index contributed by atoms with van der Waals surface area (Å²) in [5.41, 5.74) is 1.30. The topological polar surface area (TPSA) is 71.0 Å². The van der Waals surface area contributed by atoms with Crippen LogP contribution in [0.4, 0.5) is 0 Å². The predicted molar refractivity (Wildman–Crippen MR) is 52.1 cm³/mol. The van der Waals surface area contributed by atoms with Crippen LogP contribution in [0.2, 0.25) is 0 Å². The Morgan fingerprint density at radius 2 is 2.60 bits per heavy atom. The molecule has 2 aliphatic rings. The molecule has 2 atom stereocenters. The highest BCUT2D eigenvalue weighted by molar-refractivity contribution is 6.13. The van der Waals surface area contributed by atoms with E-state index in [2.05, 4.69) is 10.5 Å². The first-order valence-corrected chi connectivity index (χ1v) is 4.86. The summed E-state index contributed by atoms with van der Waals surface area (Å²) in [5, 5.41) is 3.80. The van der Waals surface area contributed by atoms with Crippen LogP contribution < -0.4 is 5.43 Å². The number of hydrazone groups is 1. The van der Waals surface area contributed by atoms with Crippen molar-refractivity contribution in [2.24, 2.45) is 11.0 Å². The maximum Gasteiger partial charge on any atom is 0.344 e. The number of esters is 1. The van der Waals surface area contributed by atoms with Crippen molar-refractivity contribution in [3.05, 3.63) is 0 Å². The number of nitrogens with zero attached hydrogens (tertiary/aromatic N) is 2. The zero-order valence-electron chi connectivity index (χ0n) is 8.69. The van der Waals surface area contributed by atoms with Crippen LogP contribution in [-0.2, 0) is 14.3 Å². The van der Waals surface area contributed by atoms with E-state index in [9.17, 15) is 9.59 Å². The van der Waals surface area contributed by atoms with Gasteiger partial charge in [0, 0.05) is 19.8 Å². The molecule has 0 saturated carbocycles. The summed E-state index contributed by atoms with van der Waals surface area (Å²) in [6.07, 6.45) is 1.60. The average Bonchev–Trinajstić information content (AvgIpc) is 2.69. The van der Waals surface area contributed by atoms with Crippen LogP contribution in [0.15, 0.2) is 5.10 Å². The molecule has 1 saturated heterocycles. The van der Waals surface area contributed by atoms with E-state index in [1.54, 1.807) is 20.2 Å². The Hall–Kier alpha value is -1.59. The Balaban J connectivity index is 2.32. The van der Waals surface area contributed by atoms with Gasteiger partial charge in [-0.2, -0.15) is 5.10 Å². The Morgan fingerprint density at radius 1 is 1.87 bits per heavy atom. The third kappa shape index (κ3) is 1.14. The largest absolute Gasteiger partial charge is 0.464 e. The van der Waals surface area contributed by atoms with Gasteiger partial charge in [0.05, 0.1) is 12.5 Å². The Labute approximate surface area is 87.3 Å². The SMILES string of the molecule is CCOC(=O)C12NN=CC1CN(C)C2=O. The van der Waals surface area contributed by atoms with Crippen molar-refractivity contribution in [3.8, 4) is 0 Å². The summed E-state index contributed by atoms with van der Waals surface area (Å²) in [4.78, 5) is 25.2. The van der Waals surface area contributed by atoms with Crippen LogP contribution in [0.3, 0.4) is 0 Å². The summed E-state index contributed by atoms with van der Waals surface area (Å²) >= 11 is 0.